The standard InChI is InChI=1S/C17H27NO/c1-12-9-13(2)17(14(3)10-12)11-19-16-7-5-15(18-4)6-8-16/h9-10,15-16,18H,5-8,11H2,1-4H3. The molecule has 0 radical (unpaired) electrons. The lowest BCUT2D eigenvalue weighted by atomic mass is 9.93. The van der Waals surface area contributed by atoms with E-state index in [1.165, 1.54) is 47.9 Å². The molecular weight excluding hydrogens is 234 g/mol. The number of benzene rings is 1. The molecule has 0 aliphatic heterocycles. The van der Waals surface area contributed by atoms with E-state index >= 15 is 0 Å². The lowest BCUT2D eigenvalue weighted by Gasteiger charge is -2.28. The van der Waals surface area contributed by atoms with E-state index < -0.39 is 0 Å². The summed E-state index contributed by atoms with van der Waals surface area (Å²) in [6, 6.07) is 5.20. The fraction of sp³-hybridized carbons (Fsp3) is 0.647. The van der Waals surface area contributed by atoms with Crippen molar-refractivity contribution in [3.63, 3.8) is 0 Å². The molecule has 106 valence electrons. The lowest BCUT2D eigenvalue weighted by Crippen LogP contribution is -2.32. The van der Waals surface area contributed by atoms with Gasteiger partial charge >= 0.3 is 0 Å². The van der Waals surface area contributed by atoms with Gasteiger partial charge in [0, 0.05) is 6.04 Å². The number of nitrogens with one attached hydrogen (secondary N) is 1. The van der Waals surface area contributed by atoms with Gasteiger partial charge in [0.2, 0.25) is 0 Å². The molecule has 19 heavy (non-hydrogen) atoms. The van der Waals surface area contributed by atoms with E-state index in [-0.39, 0.29) is 0 Å². The highest BCUT2D eigenvalue weighted by molar-refractivity contribution is 5.36. The largest absolute Gasteiger partial charge is 0.374 e. The van der Waals surface area contributed by atoms with Crippen molar-refractivity contribution in [3.8, 4) is 0 Å². The van der Waals surface area contributed by atoms with Gasteiger partial charge in [0.25, 0.3) is 0 Å². The van der Waals surface area contributed by atoms with Crippen LogP contribution in [0.25, 0.3) is 0 Å². The van der Waals surface area contributed by atoms with E-state index in [9.17, 15) is 0 Å². The third-order valence-corrected chi connectivity index (χ3v) is 4.39. The summed E-state index contributed by atoms with van der Waals surface area (Å²) in [6.07, 6.45) is 5.31. The van der Waals surface area contributed by atoms with Crippen molar-refractivity contribution in [2.45, 2.75) is 65.2 Å². The first kappa shape index (κ1) is 14.5. The fourth-order valence-corrected chi connectivity index (χ4v) is 3.16. The van der Waals surface area contributed by atoms with Gasteiger partial charge in [-0.25, -0.2) is 0 Å². The van der Waals surface area contributed by atoms with Crippen LogP contribution in [-0.2, 0) is 11.3 Å². The van der Waals surface area contributed by atoms with E-state index in [1.54, 1.807) is 0 Å². The van der Waals surface area contributed by atoms with Gasteiger partial charge in [-0.2, -0.15) is 0 Å². The lowest BCUT2D eigenvalue weighted by molar-refractivity contribution is 0.0114. The Balaban J connectivity index is 1.89. The Morgan fingerprint density at radius 1 is 1.05 bits per heavy atom. The Kier molecular flexibility index (Phi) is 5.00. The molecule has 1 aliphatic carbocycles. The zero-order valence-electron chi connectivity index (χ0n) is 12.8. The van der Waals surface area contributed by atoms with Crippen LogP contribution in [0.15, 0.2) is 12.1 Å². The Morgan fingerprint density at radius 3 is 2.16 bits per heavy atom. The Bertz CT molecular complexity index is 396. The molecule has 1 aromatic rings. The van der Waals surface area contributed by atoms with Gasteiger partial charge in [-0.15, -0.1) is 0 Å². The monoisotopic (exact) mass is 261 g/mol. The van der Waals surface area contributed by atoms with E-state index in [2.05, 4.69) is 45.3 Å². The van der Waals surface area contributed by atoms with Crippen LogP contribution in [0.5, 0.6) is 0 Å². The molecule has 0 atom stereocenters. The maximum absolute atomic E-state index is 6.14. The van der Waals surface area contributed by atoms with Crippen LogP contribution in [0.4, 0.5) is 0 Å². The smallest absolute Gasteiger partial charge is 0.0725 e. The van der Waals surface area contributed by atoms with Crippen LogP contribution in [0, 0.1) is 20.8 Å². The molecular formula is C17H27NO. The molecule has 0 unspecified atom stereocenters. The van der Waals surface area contributed by atoms with Crippen molar-refractivity contribution in [2.75, 3.05) is 7.05 Å². The van der Waals surface area contributed by atoms with Crippen LogP contribution < -0.4 is 5.32 Å². The minimum absolute atomic E-state index is 0.449. The summed E-state index contributed by atoms with van der Waals surface area (Å²) in [7, 11) is 2.06. The summed E-state index contributed by atoms with van der Waals surface area (Å²) < 4.78 is 6.14. The molecule has 2 nitrogen and oxygen atoms in total. The zero-order chi connectivity index (χ0) is 13.8. The molecule has 0 saturated heterocycles. The molecule has 0 bridgehead atoms. The molecule has 0 heterocycles. The number of rotatable bonds is 4. The maximum Gasteiger partial charge on any atom is 0.0725 e. The average Bonchev–Trinajstić information content (AvgIpc) is 2.38. The van der Waals surface area contributed by atoms with Crippen LogP contribution in [-0.4, -0.2) is 19.2 Å². The SMILES string of the molecule is CNC1CCC(OCc2c(C)cc(C)cc2C)CC1. The van der Waals surface area contributed by atoms with E-state index in [0.29, 0.717) is 12.1 Å². The molecule has 0 aromatic heterocycles. The van der Waals surface area contributed by atoms with Gasteiger partial charge in [-0.05, 0) is 70.2 Å². The fourth-order valence-electron chi connectivity index (χ4n) is 3.16. The van der Waals surface area contributed by atoms with Crippen LogP contribution in [0.1, 0.15) is 47.9 Å². The molecule has 1 aliphatic rings. The van der Waals surface area contributed by atoms with Gasteiger partial charge in [0.15, 0.2) is 0 Å². The van der Waals surface area contributed by atoms with Crippen molar-refractivity contribution in [2.24, 2.45) is 0 Å². The summed E-state index contributed by atoms with van der Waals surface area (Å²) in [6.45, 7) is 7.31. The highest BCUT2D eigenvalue weighted by Crippen LogP contribution is 2.24. The van der Waals surface area contributed by atoms with Gasteiger partial charge in [-0.3, -0.25) is 0 Å². The maximum atomic E-state index is 6.14. The number of ether oxygens (including phenoxy) is 1. The summed E-state index contributed by atoms with van der Waals surface area (Å²) in [4.78, 5) is 0. The number of aryl methyl sites for hydroxylation is 3. The molecule has 1 fully saturated rings. The van der Waals surface area contributed by atoms with Crippen molar-refractivity contribution in [1.82, 2.24) is 5.32 Å². The first-order valence-corrected chi connectivity index (χ1v) is 7.45. The molecule has 1 aromatic carbocycles. The van der Waals surface area contributed by atoms with Gasteiger partial charge in [-0.1, -0.05) is 17.7 Å². The summed E-state index contributed by atoms with van der Waals surface area (Å²) in [5, 5.41) is 3.37. The quantitative estimate of drug-likeness (QED) is 0.893. The van der Waals surface area contributed by atoms with Crippen LogP contribution >= 0.6 is 0 Å². The molecule has 2 rings (SSSR count). The first-order chi connectivity index (χ1) is 9.10. The summed E-state index contributed by atoms with van der Waals surface area (Å²) in [5.41, 5.74) is 5.44. The van der Waals surface area contributed by atoms with Crippen molar-refractivity contribution in [1.29, 1.82) is 0 Å². The predicted molar refractivity (Wildman–Crippen MR) is 80.5 cm³/mol. The summed E-state index contributed by atoms with van der Waals surface area (Å²) >= 11 is 0. The minimum Gasteiger partial charge on any atom is -0.374 e. The second-order valence-electron chi connectivity index (χ2n) is 5.95. The molecule has 1 N–H and O–H groups in total. The zero-order valence-corrected chi connectivity index (χ0v) is 12.8. The molecule has 0 amide bonds. The Morgan fingerprint density at radius 2 is 1.63 bits per heavy atom. The highest BCUT2D eigenvalue weighted by Gasteiger charge is 2.20. The first-order valence-electron chi connectivity index (χ1n) is 7.45. The Labute approximate surface area is 117 Å². The number of hydrogen-bond acceptors (Lipinski definition) is 2. The molecule has 2 heteroatoms. The van der Waals surface area contributed by atoms with E-state index in [4.69, 9.17) is 4.74 Å². The summed E-state index contributed by atoms with van der Waals surface area (Å²) in [5.74, 6) is 0. The van der Waals surface area contributed by atoms with Gasteiger partial charge in [0.1, 0.15) is 0 Å². The second-order valence-corrected chi connectivity index (χ2v) is 5.95. The minimum atomic E-state index is 0.449. The van der Waals surface area contributed by atoms with Gasteiger partial charge in [0.05, 0.1) is 12.7 Å². The second kappa shape index (κ2) is 6.53. The predicted octanol–water partition coefficient (Wildman–Crippen LogP) is 3.66. The Hall–Kier alpha value is -0.860. The molecule has 0 spiro atoms. The van der Waals surface area contributed by atoms with Crippen LogP contribution in [0.3, 0.4) is 0 Å². The van der Waals surface area contributed by atoms with Crippen molar-refractivity contribution >= 4 is 0 Å². The van der Waals surface area contributed by atoms with Gasteiger partial charge < -0.3 is 10.1 Å². The van der Waals surface area contributed by atoms with Crippen molar-refractivity contribution in [3.05, 3.63) is 34.4 Å². The third kappa shape index (κ3) is 3.80. The third-order valence-electron chi connectivity index (χ3n) is 4.39. The highest BCUT2D eigenvalue weighted by atomic mass is 16.5. The topological polar surface area (TPSA) is 21.3 Å². The van der Waals surface area contributed by atoms with Crippen LogP contribution in [0.2, 0.25) is 0 Å². The van der Waals surface area contributed by atoms with E-state index in [1.807, 2.05) is 0 Å². The number of hydrogen-bond donors (Lipinski definition) is 1. The molecule has 1 saturated carbocycles. The van der Waals surface area contributed by atoms with Crippen molar-refractivity contribution < 1.29 is 4.74 Å². The normalized spacial score (nSPS) is 23.6. The average molecular weight is 261 g/mol. The van der Waals surface area contributed by atoms with E-state index in [0.717, 1.165) is 6.61 Å².